The molecule has 5 rings (SSSR count). The van der Waals surface area contributed by atoms with Crippen molar-refractivity contribution in [3.05, 3.63) is 46.0 Å². The summed E-state index contributed by atoms with van der Waals surface area (Å²) in [6.07, 6.45) is 7.63. The molecule has 1 aliphatic carbocycles. The number of nitrogens with one attached hydrogen (secondary N) is 1. The Morgan fingerprint density at radius 2 is 1.89 bits per heavy atom. The van der Waals surface area contributed by atoms with Crippen molar-refractivity contribution in [2.24, 2.45) is 0 Å². The van der Waals surface area contributed by atoms with E-state index in [1.54, 1.807) is 6.07 Å². The lowest BCUT2D eigenvalue weighted by Crippen LogP contribution is -2.41. The third kappa shape index (κ3) is 5.35. The molecule has 3 aromatic rings. The van der Waals surface area contributed by atoms with Crippen LogP contribution in [0.15, 0.2) is 40.3 Å². The van der Waals surface area contributed by atoms with Crippen molar-refractivity contribution in [3.63, 3.8) is 0 Å². The second-order valence-corrected chi connectivity index (χ2v) is 10.8. The molecule has 1 amide bonds. The number of thioether (sulfide) groups is 1. The van der Waals surface area contributed by atoms with E-state index in [-0.39, 0.29) is 23.4 Å². The van der Waals surface area contributed by atoms with Gasteiger partial charge in [0.1, 0.15) is 11.0 Å². The zero-order chi connectivity index (χ0) is 24.4. The second-order valence-electron chi connectivity index (χ2n) is 9.45. The molecule has 0 bridgehead atoms. The van der Waals surface area contributed by atoms with Crippen molar-refractivity contribution >= 4 is 46.1 Å². The van der Waals surface area contributed by atoms with Crippen LogP contribution in [0.25, 0.3) is 11.0 Å². The molecule has 1 N–H and O–H groups in total. The second kappa shape index (κ2) is 10.6. The molecular weight excluding hydrogens is 484 g/mol. The lowest BCUT2D eigenvalue weighted by Gasteiger charge is -2.32. The van der Waals surface area contributed by atoms with Crippen LogP contribution in [0.2, 0.25) is 5.15 Å². The van der Waals surface area contributed by atoms with E-state index in [2.05, 4.69) is 21.9 Å². The van der Waals surface area contributed by atoms with Crippen LogP contribution in [0.1, 0.15) is 51.0 Å². The fraction of sp³-hybridized carbons (Fsp3) is 0.520. The van der Waals surface area contributed by atoms with Crippen molar-refractivity contribution in [3.8, 4) is 0 Å². The molecule has 0 unspecified atom stereocenters. The number of piperidine rings is 1. The van der Waals surface area contributed by atoms with E-state index in [4.69, 9.17) is 16.6 Å². The standard InChI is InChI=1S/C25H31ClN6O2S/c1-30(17-7-3-2-4-8-17)22-15-21(26)28-24(29-22)35-16-23(33)31-13-11-18(12-14-31)32-20-10-6-5-9-19(20)27-25(32)34/h5-6,9-10,15,17-18H,2-4,7-8,11-14,16H2,1H3,(H,27,34). The van der Waals surface area contributed by atoms with E-state index in [9.17, 15) is 9.59 Å². The number of aromatic nitrogens is 4. The van der Waals surface area contributed by atoms with Crippen LogP contribution >= 0.6 is 23.4 Å². The first-order valence-corrected chi connectivity index (χ1v) is 13.7. The molecule has 2 fully saturated rings. The average molecular weight is 515 g/mol. The summed E-state index contributed by atoms with van der Waals surface area (Å²) < 4.78 is 1.84. The van der Waals surface area contributed by atoms with Crippen molar-refractivity contribution in [2.75, 3.05) is 30.8 Å². The minimum absolute atomic E-state index is 0.0606. The number of anilines is 1. The van der Waals surface area contributed by atoms with E-state index in [0.717, 1.165) is 29.7 Å². The summed E-state index contributed by atoms with van der Waals surface area (Å²) in [6, 6.07) is 10.1. The Labute approximate surface area is 214 Å². The van der Waals surface area contributed by atoms with Crippen LogP contribution in [0.3, 0.4) is 0 Å². The summed E-state index contributed by atoms with van der Waals surface area (Å²) in [5, 5.41) is 0.932. The number of rotatable bonds is 6. The maximum atomic E-state index is 12.9. The molecule has 2 aromatic heterocycles. The van der Waals surface area contributed by atoms with E-state index >= 15 is 0 Å². The molecule has 10 heteroatoms. The predicted molar refractivity (Wildman–Crippen MR) is 140 cm³/mol. The maximum Gasteiger partial charge on any atom is 0.326 e. The summed E-state index contributed by atoms with van der Waals surface area (Å²) >= 11 is 7.63. The Bertz CT molecular complexity index is 1250. The number of hydrogen-bond donors (Lipinski definition) is 1. The smallest absolute Gasteiger partial charge is 0.326 e. The molecule has 35 heavy (non-hydrogen) atoms. The molecule has 1 saturated heterocycles. The Balaban J connectivity index is 1.18. The Morgan fingerprint density at radius 3 is 2.66 bits per heavy atom. The van der Waals surface area contributed by atoms with E-state index in [1.807, 2.05) is 33.7 Å². The highest BCUT2D eigenvalue weighted by Gasteiger charge is 2.26. The number of benzene rings is 1. The van der Waals surface area contributed by atoms with E-state index in [0.29, 0.717) is 29.4 Å². The number of hydrogen-bond acceptors (Lipinski definition) is 6. The molecule has 3 heterocycles. The minimum atomic E-state index is -0.0846. The average Bonchev–Trinajstić information content (AvgIpc) is 3.22. The number of nitrogens with zero attached hydrogens (tertiary/aromatic N) is 5. The van der Waals surface area contributed by atoms with Gasteiger partial charge >= 0.3 is 5.69 Å². The molecule has 1 aromatic carbocycles. The lowest BCUT2D eigenvalue weighted by atomic mass is 9.94. The fourth-order valence-electron chi connectivity index (χ4n) is 5.31. The van der Waals surface area contributed by atoms with Crippen LogP contribution in [0, 0.1) is 0 Å². The Kier molecular flexibility index (Phi) is 7.34. The first-order valence-electron chi connectivity index (χ1n) is 12.4. The quantitative estimate of drug-likeness (QED) is 0.296. The molecule has 2 aliphatic rings. The van der Waals surface area contributed by atoms with Crippen LogP contribution in [-0.2, 0) is 4.79 Å². The summed E-state index contributed by atoms with van der Waals surface area (Å²) in [5.74, 6) is 1.15. The number of aromatic amines is 1. The molecule has 1 saturated carbocycles. The van der Waals surface area contributed by atoms with Gasteiger partial charge in [-0.1, -0.05) is 54.8 Å². The first-order chi connectivity index (χ1) is 17.0. The summed E-state index contributed by atoms with van der Waals surface area (Å²) in [6.45, 7) is 1.25. The topological polar surface area (TPSA) is 87.1 Å². The van der Waals surface area contributed by atoms with Gasteiger partial charge in [-0.05, 0) is 37.8 Å². The lowest BCUT2D eigenvalue weighted by molar-refractivity contribution is -0.129. The Hall–Kier alpha value is -2.52. The van der Waals surface area contributed by atoms with Crippen LogP contribution in [0.4, 0.5) is 5.82 Å². The molecule has 1 aliphatic heterocycles. The number of carbonyl (C=O) groups excluding carboxylic acids is 1. The monoisotopic (exact) mass is 514 g/mol. The summed E-state index contributed by atoms with van der Waals surface area (Å²) in [4.78, 5) is 41.5. The third-order valence-electron chi connectivity index (χ3n) is 7.28. The summed E-state index contributed by atoms with van der Waals surface area (Å²) in [5.41, 5.74) is 1.69. The SMILES string of the molecule is CN(c1cc(Cl)nc(SCC(=O)N2CCC(n3c(=O)[nH]c4ccccc43)CC2)n1)C1CCCCC1. The van der Waals surface area contributed by atoms with Crippen LogP contribution < -0.4 is 10.6 Å². The van der Waals surface area contributed by atoms with Gasteiger partial charge in [0.2, 0.25) is 5.91 Å². The summed E-state index contributed by atoms with van der Waals surface area (Å²) in [7, 11) is 2.07. The van der Waals surface area contributed by atoms with E-state index < -0.39 is 0 Å². The zero-order valence-corrected chi connectivity index (χ0v) is 21.5. The van der Waals surface area contributed by atoms with Crippen molar-refractivity contribution in [2.45, 2.75) is 62.2 Å². The van der Waals surface area contributed by atoms with Gasteiger partial charge in [-0.3, -0.25) is 9.36 Å². The Morgan fingerprint density at radius 1 is 1.14 bits per heavy atom. The van der Waals surface area contributed by atoms with Crippen molar-refractivity contribution in [1.29, 1.82) is 0 Å². The molecule has 0 atom stereocenters. The number of fused-ring (bicyclic) bond motifs is 1. The largest absolute Gasteiger partial charge is 0.357 e. The maximum absolute atomic E-state index is 12.9. The van der Waals surface area contributed by atoms with Gasteiger partial charge in [-0.15, -0.1) is 0 Å². The van der Waals surface area contributed by atoms with Crippen molar-refractivity contribution in [1.82, 2.24) is 24.4 Å². The minimum Gasteiger partial charge on any atom is -0.357 e. The number of para-hydroxylation sites is 2. The fourth-order valence-corrected chi connectivity index (χ4v) is 6.30. The van der Waals surface area contributed by atoms with Gasteiger partial charge in [-0.25, -0.2) is 14.8 Å². The predicted octanol–water partition coefficient (Wildman–Crippen LogP) is 4.50. The van der Waals surface area contributed by atoms with Gasteiger partial charge in [0.05, 0.1) is 16.8 Å². The van der Waals surface area contributed by atoms with Crippen LogP contribution in [-0.4, -0.2) is 62.3 Å². The number of H-pyrrole nitrogens is 1. The van der Waals surface area contributed by atoms with Gasteiger partial charge in [0.15, 0.2) is 5.16 Å². The van der Waals surface area contributed by atoms with E-state index in [1.165, 1.54) is 43.9 Å². The van der Waals surface area contributed by atoms with Crippen LogP contribution in [0.5, 0.6) is 0 Å². The van der Waals surface area contributed by atoms with Gasteiger partial charge in [0, 0.05) is 38.3 Å². The molecule has 186 valence electrons. The highest BCUT2D eigenvalue weighted by Crippen LogP contribution is 2.29. The first kappa shape index (κ1) is 24.2. The number of imidazole rings is 1. The molecule has 8 nitrogen and oxygen atoms in total. The number of likely N-dealkylation sites (tertiary alicyclic amines) is 1. The highest BCUT2D eigenvalue weighted by molar-refractivity contribution is 7.99. The third-order valence-corrected chi connectivity index (χ3v) is 8.30. The van der Waals surface area contributed by atoms with Crippen molar-refractivity contribution < 1.29 is 4.79 Å². The normalized spacial score (nSPS) is 17.7. The highest BCUT2D eigenvalue weighted by atomic mass is 35.5. The molecule has 0 spiro atoms. The number of halogens is 1. The number of amides is 1. The van der Waals surface area contributed by atoms with Gasteiger partial charge in [0.25, 0.3) is 0 Å². The van der Waals surface area contributed by atoms with Gasteiger partial charge in [-0.2, -0.15) is 0 Å². The molecule has 0 radical (unpaired) electrons. The zero-order valence-electron chi connectivity index (χ0n) is 20.0. The molecular formula is C25H31ClN6O2S. The number of carbonyl (C=O) groups is 1. The van der Waals surface area contributed by atoms with Gasteiger partial charge < -0.3 is 14.8 Å².